The van der Waals surface area contributed by atoms with Crippen molar-refractivity contribution in [3.63, 3.8) is 0 Å². The Balaban J connectivity index is 2.61. The van der Waals surface area contributed by atoms with Crippen LogP contribution in [0.1, 0.15) is 18.5 Å². The second kappa shape index (κ2) is 6.30. The number of aromatic amines is 1. The first kappa shape index (κ1) is 13.6. The van der Waals surface area contributed by atoms with Crippen LogP contribution in [0.2, 0.25) is 0 Å². The number of urea groups is 1. The van der Waals surface area contributed by atoms with Gasteiger partial charge in [-0.3, -0.25) is 9.89 Å². The lowest BCUT2D eigenvalue weighted by atomic mass is 10.2. The summed E-state index contributed by atoms with van der Waals surface area (Å²) in [6.45, 7) is 1.27. The van der Waals surface area contributed by atoms with Crippen molar-refractivity contribution in [3.8, 4) is 12.3 Å². The lowest BCUT2D eigenvalue weighted by molar-refractivity contribution is -0.137. The summed E-state index contributed by atoms with van der Waals surface area (Å²) in [5.74, 6) is 1.13. The van der Waals surface area contributed by atoms with Crippen LogP contribution in [-0.2, 0) is 4.79 Å². The zero-order valence-electron chi connectivity index (χ0n) is 9.88. The number of terminal acetylenes is 1. The first-order chi connectivity index (χ1) is 8.54. The molecule has 1 aromatic rings. The largest absolute Gasteiger partial charge is 0.480 e. The van der Waals surface area contributed by atoms with E-state index in [-0.39, 0.29) is 12.6 Å². The number of nitrogens with one attached hydrogen (secondary N) is 2. The zero-order chi connectivity index (χ0) is 13.5. The molecule has 0 aliphatic carbocycles. The van der Waals surface area contributed by atoms with Crippen LogP contribution in [0.4, 0.5) is 4.79 Å². The number of aromatic nitrogens is 2. The Morgan fingerprint density at radius 3 is 2.94 bits per heavy atom. The molecule has 1 atom stereocenters. The summed E-state index contributed by atoms with van der Waals surface area (Å²) in [5.41, 5.74) is 0.791. The van der Waals surface area contributed by atoms with Gasteiger partial charge in [-0.25, -0.2) is 4.79 Å². The SMILES string of the molecule is C#CCN(CC(=O)O)C(=O)NC(C)c1cn[nH]c1. The highest BCUT2D eigenvalue weighted by atomic mass is 16.4. The predicted octanol–water partition coefficient (Wildman–Crippen LogP) is 0.200. The van der Waals surface area contributed by atoms with Gasteiger partial charge in [0.1, 0.15) is 6.54 Å². The second-order valence-corrected chi connectivity index (χ2v) is 3.66. The van der Waals surface area contributed by atoms with Gasteiger partial charge < -0.3 is 15.3 Å². The van der Waals surface area contributed by atoms with Crippen LogP contribution < -0.4 is 5.32 Å². The molecule has 7 heteroatoms. The predicted molar refractivity (Wildman–Crippen MR) is 63.6 cm³/mol. The smallest absolute Gasteiger partial charge is 0.323 e. The van der Waals surface area contributed by atoms with Crippen LogP contribution in [0, 0.1) is 12.3 Å². The third kappa shape index (κ3) is 3.83. The number of carbonyl (C=O) groups excluding carboxylic acids is 1. The summed E-state index contributed by atoms with van der Waals surface area (Å²) in [5, 5.41) is 17.7. The fourth-order valence-electron chi connectivity index (χ4n) is 1.33. The molecule has 1 rings (SSSR count). The summed E-state index contributed by atoms with van der Waals surface area (Å²) in [6, 6.07) is -0.811. The van der Waals surface area contributed by atoms with Gasteiger partial charge in [0, 0.05) is 11.8 Å². The van der Waals surface area contributed by atoms with Gasteiger partial charge >= 0.3 is 12.0 Å². The van der Waals surface area contributed by atoms with Crippen molar-refractivity contribution in [1.82, 2.24) is 20.4 Å². The summed E-state index contributed by atoms with van der Waals surface area (Å²) in [6.07, 6.45) is 8.31. The van der Waals surface area contributed by atoms with Gasteiger partial charge in [-0.2, -0.15) is 5.10 Å². The summed E-state index contributed by atoms with van der Waals surface area (Å²) in [7, 11) is 0. The molecular formula is C11H14N4O3. The Morgan fingerprint density at radius 2 is 2.44 bits per heavy atom. The maximum Gasteiger partial charge on any atom is 0.323 e. The van der Waals surface area contributed by atoms with Crippen LogP contribution in [-0.4, -0.2) is 45.3 Å². The number of rotatable bonds is 5. The standard InChI is InChI=1S/C11H14N4O3/c1-3-4-15(7-10(16)17)11(18)14-8(2)9-5-12-13-6-9/h1,5-6,8H,4,7H2,2H3,(H,12,13)(H,14,18)(H,16,17). The van der Waals surface area contributed by atoms with E-state index in [4.69, 9.17) is 11.5 Å². The van der Waals surface area contributed by atoms with E-state index in [1.807, 2.05) is 0 Å². The third-order valence-electron chi connectivity index (χ3n) is 2.25. The van der Waals surface area contributed by atoms with Crippen LogP contribution in [0.3, 0.4) is 0 Å². The van der Waals surface area contributed by atoms with Crippen molar-refractivity contribution in [2.45, 2.75) is 13.0 Å². The second-order valence-electron chi connectivity index (χ2n) is 3.66. The molecule has 0 aliphatic heterocycles. The summed E-state index contributed by atoms with van der Waals surface area (Å²) >= 11 is 0. The molecule has 0 fully saturated rings. The van der Waals surface area contributed by atoms with Crippen LogP contribution in [0.15, 0.2) is 12.4 Å². The Kier molecular flexibility index (Phi) is 4.75. The topological polar surface area (TPSA) is 98.3 Å². The highest BCUT2D eigenvalue weighted by molar-refractivity contribution is 5.80. The van der Waals surface area contributed by atoms with Crippen molar-refractivity contribution >= 4 is 12.0 Å². The highest BCUT2D eigenvalue weighted by Crippen LogP contribution is 2.09. The minimum Gasteiger partial charge on any atom is -0.480 e. The highest BCUT2D eigenvalue weighted by Gasteiger charge is 2.18. The molecule has 18 heavy (non-hydrogen) atoms. The van der Waals surface area contributed by atoms with Crippen molar-refractivity contribution in [3.05, 3.63) is 18.0 Å². The minimum absolute atomic E-state index is 0.0593. The molecule has 3 N–H and O–H groups in total. The summed E-state index contributed by atoms with van der Waals surface area (Å²) in [4.78, 5) is 23.4. The number of H-pyrrole nitrogens is 1. The Hall–Kier alpha value is -2.49. The van der Waals surface area contributed by atoms with Gasteiger partial charge in [-0.15, -0.1) is 6.42 Å². The van der Waals surface area contributed by atoms with E-state index in [1.54, 1.807) is 19.3 Å². The number of hydrogen-bond donors (Lipinski definition) is 3. The van der Waals surface area contributed by atoms with Gasteiger partial charge in [0.2, 0.25) is 0 Å². The Bertz CT molecular complexity index is 449. The monoisotopic (exact) mass is 250 g/mol. The molecular weight excluding hydrogens is 236 g/mol. The molecule has 0 aromatic carbocycles. The van der Waals surface area contributed by atoms with Crippen molar-refractivity contribution < 1.29 is 14.7 Å². The molecule has 0 saturated carbocycles. The maximum absolute atomic E-state index is 11.8. The number of carbonyl (C=O) groups is 2. The molecule has 0 aliphatic rings. The van der Waals surface area contributed by atoms with E-state index < -0.39 is 18.5 Å². The van der Waals surface area contributed by atoms with Gasteiger partial charge in [-0.05, 0) is 6.92 Å². The normalized spacial score (nSPS) is 11.3. The fourth-order valence-corrected chi connectivity index (χ4v) is 1.33. The van der Waals surface area contributed by atoms with Crippen molar-refractivity contribution in [1.29, 1.82) is 0 Å². The quantitative estimate of drug-likeness (QED) is 0.650. The number of hydrogen-bond acceptors (Lipinski definition) is 3. The number of nitrogens with zero attached hydrogens (tertiary/aromatic N) is 2. The molecule has 1 unspecified atom stereocenters. The van der Waals surface area contributed by atoms with Gasteiger partial charge in [0.15, 0.2) is 0 Å². The summed E-state index contributed by atoms with van der Waals surface area (Å²) < 4.78 is 0. The number of carboxylic acids is 1. The lowest BCUT2D eigenvalue weighted by Gasteiger charge is -2.21. The first-order valence-electron chi connectivity index (χ1n) is 5.24. The fraction of sp³-hybridized carbons (Fsp3) is 0.364. The third-order valence-corrected chi connectivity index (χ3v) is 2.25. The van der Waals surface area contributed by atoms with E-state index in [1.165, 1.54) is 0 Å². The number of carboxylic acid groups (broad SMARTS) is 1. The Labute approximate surface area is 104 Å². The van der Waals surface area contributed by atoms with E-state index >= 15 is 0 Å². The van der Waals surface area contributed by atoms with E-state index in [2.05, 4.69) is 21.4 Å². The molecule has 0 saturated heterocycles. The van der Waals surface area contributed by atoms with Crippen LogP contribution in [0.5, 0.6) is 0 Å². The molecule has 96 valence electrons. The average molecular weight is 250 g/mol. The Morgan fingerprint density at radius 1 is 1.72 bits per heavy atom. The van der Waals surface area contributed by atoms with Crippen molar-refractivity contribution in [2.24, 2.45) is 0 Å². The lowest BCUT2D eigenvalue weighted by Crippen LogP contribution is -2.43. The first-order valence-corrected chi connectivity index (χ1v) is 5.24. The van der Waals surface area contributed by atoms with Gasteiger partial charge in [-0.1, -0.05) is 5.92 Å². The van der Waals surface area contributed by atoms with Crippen LogP contribution >= 0.6 is 0 Å². The number of amides is 2. The molecule has 2 amide bonds. The van der Waals surface area contributed by atoms with Gasteiger partial charge in [0.25, 0.3) is 0 Å². The molecule has 1 aromatic heterocycles. The zero-order valence-corrected chi connectivity index (χ0v) is 9.88. The molecule has 7 nitrogen and oxygen atoms in total. The average Bonchev–Trinajstić information content (AvgIpc) is 2.81. The molecule has 0 radical (unpaired) electrons. The molecule has 0 spiro atoms. The number of aliphatic carboxylic acids is 1. The van der Waals surface area contributed by atoms with E-state index in [0.717, 1.165) is 10.5 Å². The minimum atomic E-state index is -1.11. The molecule has 0 bridgehead atoms. The molecule has 1 heterocycles. The van der Waals surface area contributed by atoms with Crippen molar-refractivity contribution in [2.75, 3.05) is 13.1 Å². The van der Waals surface area contributed by atoms with Gasteiger partial charge in [0.05, 0.1) is 18.8 Å². The van der Waals surface area contributed by atoms with Crippen LogP contribution in [0.25, 0.3) is 0 Å². The maximum atomic E-state index is 11.8. The van der Waals surface area contributed by atoms with E-state index in [9.17, 15) is 9.59 Å². The van der Waals surface area contributed by atoms with E-state index in [0.29, 0.717) is 0 Å².